The van der Waals surface area contributed by atoms with Crippen molar-refractivity contribution < 1.29 is 38.3 Å². The number of benzene rings is 1. The summed E-state index contributed by atoms with van der Waals surface area (Å²) in [6.45, 7) is 5.02. The van der Waals surface area contributed by atoms with E-state index in [1.165, 1.54) is 22.5 Å². The molecule has 15 heteroatoms. The smallest absolute Gasteiger partial charge is 0.191 e. The number of ether oxygens (including phenoxy) is 3. The Bertz CT molecular complexity index is 1320. The number of nitrogens with one attached hydrogen (secondary N) is 1. The number of anilines is 1. The number of aliphatic hydroxyl groups excluding tert-OH is 3. The van der Waals surface area contributed by atoms with Crippen LogP contribution >= 0.6 is 11.8 Å². The number of halogens is 2. The standard InChI is InChI=1S/C23H28F2N6O4S.C4H8O2/c1-2-7-36-23-27-21(26-15-9-12(15)11-3-4-13(24)14(25)8-11)18-22(28-23)31(30-29-18)16-10-17(35-6-5-32)20(34)19(16)33;1-2-6-4-3-5-1/h3-4,8,12,15-17,19-20,32-34H,2,5-7,9-10H2,1H3,(H,26,27,28);1-4H2/t12-,15+,16+,17-,19-,20+;/m0./s1. The maximum atomic E-state index is 13.7. The summed E-state index contributed by atoms with van der Waals surface area (Å²) in [5.41, 5.74) is 1.53. The lowest BCUT2D eigenvalue weighted by Crippen LogP contribution is -2.33. The van der Waals surface area contributed by atoms with E-state index in [0.29, 0.717) is 27.7 Å². The number of hydrogen-bond donors (Lipinski definition) is 4. The first kappa shape index (κ1) is 30.9. The van der Waals surface area contributed by atoms with Gasteiger partial charge in [-0.15, -0.1) is 5.10 Å². The first-order valence-electron chi connectivity index (χ1n) is 14.1. The Morgan fingerprint density at radius 3 is 2.50 bits per heavy atom. The van der Waals surface area contributed by atoms with Gasteiger partial charge >= 0.3 is 0 Å². The fourth-order valence-electron chi connectivity index (χ4n) is 5.05. The topological polar surface area (TPSA) is 157 Å². The average Bonchev–Trinajstić information content (AvgIpc) is 3.55. The van der Waals surface area contributed by atoms with Crippen molar-refractivity contribution in [2.75, 3.05) is 50.7 Å². The predicted octanol–water partition coefficient (Wildman–Crippen LogP) is 2.05. The first-order chi connectivity index (χ1) is 20.4. The molecule has 4 N–H and O–H groups in total. The normalized spacial score (nSPS) is 27.1. The summed E-state index contributed by atoms with van der Waals surface area (Å²) >= 11 is 1.48. The Kier molecular flexibility index (Phi) is 10.5. The summed E-state index contributed by atoms with van der Waals surface area (Å²) in [4.78, 5) is 9.27. The van der Waals surface area contributed by atoms with E-state index in [4.69, 9.17) is 19.3 Å². The van der Waals surface area contributed by atoms with Gasteiger partial charge in [0, 0.05) is 24.1 Å². The molecule has 42 heavy (non-hydrogen) atoms. The molecule has 3 fully saturated rings. The molecule has 0 bridgehead atoms. The molecular weight excluding hydrogens is 574 g/mol. The molecule has 2 saturated carbocycles. The SMILES string of the molecule is C1COCCO1.CCCSc1nc(N[C@@H]2C[C@H]2c2ccc(F)c(F)c2)c2nnn([C@@H]3C[C@H](OCCO)[C@@H](O)[C@H]3O)c2n1. The van der Waals surface area contributed by atoms with Gasteiger partial charge in [0.1, 0.15) is 12.2 Å². The summed E-state index contributed by atoms with van der Waals surface area (Å²) in [5.74, 6) is -0.472. The zero-order valence-electron chi connectivity index (χ0n) is 23.2. The monoisotopic (exact) mass is 610 g/mol. The van der Waals surface area contributed by atoms with Gasteiger partial charge in [-0.1, -0.05) is 30.0 Å². The van der Waals surface area contributed by atoms with Crippen LogP contribution in [0, 0.1) is 11.6 Å². The molecule has 6 atom stereocenters. The van der Waals surface area contributed by atoms with Crippen LogP contribution in [0.5, 0.6) is 0 Å². The molecular formula is C27H36F2N6O6S. The number of thioether (sulfide) groups is 1. The summed E-state index contributed by atoms with van der Waals surface area (Å²) in [6.07, 6.45) is -1.04. The lowest BCUT2D eigenvalue weighted by molar-refractivity contribution is -0.0629. The number of fused-ring (bicyclic) bond motifs is 1. The second-order valence-electron chi connectivity index (χ2n) is 10.3. The van der Waals surface area contributed by atoms with Crippen molar-refractivity contribution in [3.8, 4) is 0 Å². The Morgan fingerprint density at radius 2 is 1.83 bits per heavy atom. The van der Waals surface area contributed by atoms with E-state index < -0.39 is 36.0 Å². The van der Waals surface area contributed by atoms with Gasteiger partial charge in [0.2, 0.25) is 0 Å². The molecule has 3 heterocycles. The van der Waals surface area contributed by atoms with Crippen molar-refractivity contribution in [3.63, 3.8) is 0 Å². The molecule has 3 aliphatic rings. The Morgan fingerprint density at radius 1 is 1.07 bits per heavy atom. The molecule has 0 spiro atoms. The molecule has 0 unspecified atom stereocenters. The van der Waals surface area contributed by atoms with Crippen LogP contribution < -0.4 is 5.32 Å². The summed E-state index contributed by atoms with van der Waals surface area (Å²) < 4.78 is 43.9. The first-order valence-corrected chi connectivity index (χ1v) is 15.1. The molecule has 1 saturated heterocycles. The highest BCUT2D eigenvalue weighted by Crippen LogP contribution is 2.44. The lowest BCUT2D eigenvalue weighted by Gasteiger charge is -2.17. The molecule has 1 aliphatic heterocycles. The van der Waals surface area contributed by atoms with E-state index in [1.807, 2.05) is 0 Å². The number of aliphatic hydroxyl groups is 3. The molecule has 2 aromatic heterocycles. The van der Waals surface area contributed by atoms with E-state index in [-0.39, 0.29) is 31.6 Å². The average molecular weight is 611 g/mol. The highest BCUT2D eigenvalue weighted by Gasteiger charge is 2.45. The van der Waals surface area contributed by atoms with Crippen LogP contribution in [0.1, 0.15) is 43.7 Å². The molecule has 1 aromatic carbocycles. The van der Waals surface area contributed by atoms with Crippen LogP contribution in [0.4, 0.5) is 14.6 Å². The van der Waals surface area contributed by atoms with Gasteiger partial charge in [-0.2, -0.15) is 0 Å². The van der Waals surface area contributed by atoms with Crippen molar-refractivity contribution in [2.24, 2.45) is 0 Å². The molecule has 230 valence electrons. The molecule has 6 rings (SSSR count). The minimum Gasteiger partial charge on any atom is -0.394 e. The fourth-order valence-corrected chi connectivity index (χ4v) is 5.75. The quantitative estimate of drug-likeness (QED) is 0.196. The zero-order valence-corrected chi connectivity index (χ0v) is 24.1. The van der Waals surface area contributed by atoms with E-state index in [1.54, 1.807) is 6.07 Å². The Balaban J connectivity index is 0.000000524. The van der Waals surface area contributed by atoms with Crippen LogP contribution in [0.3, 0.4) is 0 Å². The van der Waals surface area contributed by atoms with Crippen molar-refractivity contribution in [2.45, 2.75) is 67.7 Å². The summed E-state index contributed by atoms with van der Waals surface area (Å²) in [6, 6.07) is 3.26. The van der Waals surface area contributed by atoms with E-state index in [9.17, 15) is 19.0 Å². The lowest BCUT2D eigenvalue weighted by atomic mass is 10.1. The highest BCUT2D eigenvalue weighted by molar-refractivity contribution is 7.99. The van der Waals surface area contributed by atoms with Crippen LogP contribution in [-0.4, -0.2) is 110 Å². The van der Waals surface area contributed by atoms with Crippen molar-refractivity contribution in [1.82, 2.24) is 25.0 Å². The van der Waals surface area contributed by atoms with E-state index >= 15 is 0 Å². The third-order valence-corrected chi connectivity index (χ3v) is 8.36. The second kappa shape index (κ2) is 14.3. The van der Waals surface area contributed by atoms with Gasteiger partial charge in [0.15, 0.2) is 33.8 Å². The molecule has 2 aliphatic carbocycles. The third-order valence-electron chi connectivity index (χ3n) is 7.30. The maximum Gasteiger partial charge on any atom is 0.191 e. The van der Waals surface area contributed by atoms with Crippen LogP contribution in [-0.2, 0) is 14.2 Å². The molecule has 0 amide bonds. The number of aromatic nitrogens is 5. The Labute approximate surface area is 245 Å². The number of rotatable bonds is 10. The van der Waals surface area contributed by atoms with Gasteiger partial charge in [0.25, 0.3) is 0 Å². The predicted molar refractivity (Wildman–Crippen MR) is 149 cm³/mol. The van der Waals surface area contributed by atoms with Crippen molar-refractivity contribution in [3.05, 3.63) is 35.4 Å². The third kappa shape index (κ3) is 7.15. The number of hydrogen-bond acceptors (Lipinski definition) is 12. The number of nitrogens with zero attached hydrogens (tertiary/aromatic N) is 5. The van der Waals surface area contributed by atoms with Crippen molar-refractivity contribution >= 4 is 28.7 Å². The van der Waals surface area contributed by atoms with Crippen molar-refractivity contribution in [1.29, 1.82) is 0 Å². The second-order valence-corrected chi connectivity index (χ2v) is 11.4. The molecule has 0 radical (unpaired) electrons. The van der Waals surface area contributed by atoms with E-state index in [2.05, 4.69) is 32.5 Å². The van der Waals surface area contributed by atoms with Gasteiger partial charge < -0.3 is 34.8 Å². The van der Waals surface area contributed by atoms with Gasteiger partial charge in [-0.3, -0.25) is 0 Å². The van der Waals surface area contributed by atoms with E-state index in [0.717, 1.165) is 51.1 Å². The zero-order chi connectivity index (χ0) is 29.6. The van der Waals surface area contributed by atoms with Gasteiger partial charge in [0.05, 0.1) is 51.8 Å². The maximum absolute atomic E-state index is 13.7. The fraction of sp³-hybridized carbons (Fsp3) is 0.630. The Hall–Kier alpha value is -2.53. The summed E-state index contributed by atoms with van der Waals surface area (Å²) in [5, 5.41) is 42.5. The van der Waals surface area contributed by atoms with Gasteiger partial charge in [-0.05, 0) is 30.5 Å². The van der Waals surface area contributed by atoms with Gasteiger partial charge in [-0.25, -0.2) is 23.4 Å². The molecule has 12 nitrogen and oxygen atoms in total. The highest BCUT2D eigenvalue weighted by atomic mass is 32.2. The van der Waals surface area contributed by atoms with Crippen LogP contribution in [0.15, 0.2) is 23.4 Å². The van der Waals surface area contributed by atoms with Crippen LogP contribution in [0.25, 0.3) is 11.2 Å². The minimum atomic E-state index is -1.15. The largest absolute Gasteiger partial charge is 0.394 e. The molecule has 3 aromatic rings. The summed E-state index contributed by atoms with van der Waals surface area (Å²) in [7, 11) is 0. The van der Waals surface area contributed by atoms with Crippen LogP contribution in [0.2, 0.25) is 0 Å². The minimum absolute atomic E-state index is 0.00291.